The molecule has 1 nitrogen and oxygen atoms in total. The van der Waals surface area contributed by atoms with Gasteiger partial charge in [0.25, 0.3) is 0 Å². The van der Waals surface area contributed by atoms with E-state index in [1.54, 1.807) is 0 Å². The molecule has 0 bridgehead atoms. The molecule has 0 fully saturated rings. The number of hydrogen-bond donors (Lipinski definition) is 0. The number of unbranched alkanes of at least 4 members (excludes halogenated alkanes) is 1. The maximum atomic E-state index is 2.36. The third-order valence-electron chi connectivity index (χ3n) is 3.16. The molecule has 0 radical (unpaired) electrons. The van der Waals surface area contributed by atoms with Crippen LogP contribution in [0.15, 0.2) is 24.3 Å². The molecule has 16 heavy (non-hydrogen) atoms. The first-order valence-electron chi connectivity index (χ1n) is 6.41. The molecular weight excluding hydrogens is 194 g/mol. The molecule has 1 aromatic rings. The van der Waals surface area contributed by atoms with Gasteiger partial charge in [-0.3, -0.25) is 4.90 Å². The molecule has 0 unspecified atom stereocenters. The largest absolute Gasteiger partial charge is 0.300 e. The summed E-state index contributed by atoms with van der Waals surface area (Å²) in [5.74, 6) is 0. The summed E-state index contributed by atoms with van der Waals surface area (Å²) < 4.78 is 0. The molecule has 90 valence electrons. The molecule has 0 saturated carbocycles. The summed E-state index contributed by atoms with van der Waals surface area (Å²) in [6.07, 6.45) is 3.79. The van der Waals surface area contributed by atoms with Gasteiger partial charge in [0.2, 0.25) is 0 Å². The van der Waals surface area contributed by atoms with Crippen molar-refractivity contribution in [3.05, 3.63) is 35.4 Å². The minimum absolute atomic E-state index is 0.611. The molecular formula is C15H25N. The molecule has 0 spiro atoms. The molecule has 0 saturated heterocycles. The standard InChI is InChI=1S/C15H25N/c1-5-6-7-14-8-10-15(11-9-14)12-16(4)13(2)3/h8-11,13H,5-7,12H2,1-4H3. The average Bonchev–Trinajstić information content (AvgIpc) is 2.28. The van der Waals surface area contributed by atoms with Crippen LogP contribution in [0.1, 0.15) is 44.7 Å². The smallest absolute Gasteiger partial charge is 0.0233 e. The Morgan fingerprint density at radius 2 is 1.62 bits per heavy atom. The third-order valence-corrected chi connectivity index (χ3v) is 3.16. The zero-order valence-electron chi connectivity index (χ0n) is 11.2. The van der Waals surface area contributed by atoms with Crippen LogP contribution in [0, 0.1) is 0 Å². The first kappa shape index (κ1) is 13.2. The van der Waals surface area contributed by atoms with Crippen molar-refractivity contribution in [1.82, 2.24) is 4.90 Å². The number of rotatable bonds is 6. The molecule has 1 aromatic carbocycles. The quantitative estimate of drug-likeness (QED) is 0.702. The van der Waals surface area contributed by atoms with E-state index in [1.165, 1.54) is 30.4 Å². The molecule has 0 aliphatic rings. The van der Waals surface area contributed by atoms with Gasteiger partial charge < -0.3 is 0 Å². The van der Waals surface area contributed by atoms with Gasteiger partial charge in [-0.2, -0.15) is 0 Å². The maximum absolute atomic E-state index is 2.36. The topological polar surface area (TPSA) is 3.24 Å². The van der Waals surface area contributed by atoms with Gasteiger partial charge in [-0.05, 0) is 44.9 Å². The fraction of sp³-hybridized carbons (Fsp3) is 0.600. The minimum Gasteiger partial charge on any atom is -0.300 e. The summed E-state index contributed by atoms with van der Waals surface area (Å²) in [6.45, 7) is 7.75. The molecule has 0 aliphatic carbocycles. The van der Waals surface area contributed by atoms with Gasteiger partial charge >= 0.3 is 0 Å². The van der Waals surface area contributed by atoms with E-state index in [0.717, 1.165) is 6.54 Å². The fourth-order valence-corrected chi connectivity index (χ4v) is 1.66. The molecule has 0 atom stereocenters. The summed E-state index contributed by atoms with van der Waals surface area (Å²) >= 11 is 0. The van der Waals surface area contributed by atoms with Crippen molar-refractivity contribution in [2.75, 3.05) is 7.05 Å². The van der Waals surface area contributed by atoms with Crippen LogP contribution in [0.5, 0.6) is 0 Å². The van der Waals surface area contributed by atoms with Crippen LogP contribution in [0.2, 0.25) is 0 Å². The summed E-state index contributed by atoms with van der Waals surface area (Å²) in [5, 5.41) is 0. The summed E-state index contributed by atoms with van der Waals surface area (Å²) in [4.78, 5) is 2.36. The Bertz CT molecular complexity index is 287. The predicted molar refractivity (Wildman–Crippen MR) is 71.7 cm³/mol. The molecule has 0 aromatic heterocycles. The van der Waals surface area contributed by atoms with Crippen LogP contribution in [-0.2, 0) is 13.0 Å². The van der Waals surface area contributed by atoms with Crippen molar-refractivity contribution in [3.63, 3.8) is 0 Å². The highest BCUT2D eigenvalue weighted by Crippen LogP contribution is 2.10. The van der Waals surface area contributed by atoms with Crippen molar-refractivity contribution >= 4 is 0 Å². The van der Waals surface area contributed by atoms with E-state index in [0.29, 0.717) is 6.04 Å². The van der Waals surface area contributed by atoms with E-state index in [2.05, 4.69) is 57.0 Å². The van der Waals surface area contributed by atoms with E-state index in [-0.39, 0.29) is 0 Å². The van der Waals surface area contributed by atoms with Crippen LogP contribution in [0.3, 0.4) is 0 Å². The van der Waals surface area contributed by atoms with E-state index in [4.69, 9.17) is 0 Å². The van der Waals surface area contributed by atoms with E-state index >= 15 is 0 Å². The van der Waals surface area contributed by atoms with Gasteiger partial charge in [-0.15, -0.1) is 0 Å². The Balaban J connectivity index is 2.51. The van der Waals surface area contributed by atoms with Crippen molar-refractivity contribution in [3.8, 4) is 0 Å². The lowest BCUT2D eigenvalue weighted by atomic mass is 10.1. The molecule has 1 rings (SSSR count). The van der Waals surface area contributed by atoms with Crippen LogP contribution in [0.4, 0.5) is 0 Å². The SMILES string of the molecule is CCCCc1ccc(CN(C)C(C)C)cc1. The lowest BCUT2D eigenvalue weighted by Gasteiger charge is -2.21. The van der Waals surface area contributed by atoms with Gasteiger partial charge in [-0.25, -0.2) is 0 Å². The fourth-order valence-electron chi connectivity index (χ4n) is 1.66. The van der Waals surface area contributed by atoms with Crippen LogP contribution in [-0.4, -0.2) is 18.0 Å². The molecule has 0 heterocycles. The predicted octanol–water partition coefficient (Wildman–Crippen LogP) is 3.87. The first-order valence-corrected chi connectivity index (χ1v) is 6.41. The highest BCUT2D eigenvalue weighted by Gasteiger charge is 2.03. The lowest BCUT2D eigenvalue weighted by Crippen LogP contribution is -2.25. The van der Waals surface area contributed by atoms with E-state index in [1.807, 2.05) is 0 Å². The summed E-state index contributed by atoms with van der Waals surface area (Å²) in [5.41, 5.74) is 2.88. The molecule has 0 amide bonds. The second-order valence-electron chi connectivity index (χ2n) is 4.93. The van der Waals surface area contributed by atoms with Crippen LogP contribution in [0.25, 0.3) is 0 Å². The highest BCUT2D eigenvalue weighted by molar-refractivity contribution is 5.22. The number of benzene rings is 1. The summed E-state index contributed by atoms with van der Waals surface area (Å²) in [6, 6.07) is 9.70. The normalized spacial score (nSPS) is 11.4. The highest BCUT2D eigenvalue weighted by atomic mass is 15.1. The Morgan fingerprint density at radius 3 is 2.12 bits per heavy atom. The van der Waals surface area contributed by atoms with Crippen molar-refractivity contribution < 1.29 is 0 Å². The third kappa shape index (κ3) is 4.36. The van der Waals surface area contributed by atoms with Crippen molar-refractivity contribution in [2.45, 2.75) is 52.6 Å². The number of aryl methyl sites for hydroxylation is 1. The van der Waals surface area contributed by atoms with Gasteiger partial charge in [-0.1, -0.05) is 37.6 Å². The first-order chi connectivity index (χ1) is 7.63. The Hall–Kier alpha value is -0.820. The Kier molecular flexibility index (Phi) is 5.54. The number of nitrogens with zero attached hydrogens (tertiary/aromatic N) is 1. The van der Waals surface area contributed by atoms with E-state index in [9.17, 15) is 0 Å². The van der Waals surface area contributed by atoms with Crippen molar-refractivity contribution in [1.29, 1.82) is 0 Å². The van der Waals surface area contributed by atoms with Gasteiger partial charge in [0.1, 0.15) is 0 Å². The van der Waals surface area contributed by atoms with Crippen LogP contribution >= 0.6 is 0 Å². The minimum atomic E-state index is 0.611. The van der Waals surface area contributed by atoms with Gasteiger partial charge in [0, 0.05) is 12.6 Å². The zero-order valence-corrected chi connectivity index (χ0v) is 11.2. The second kappa shape index (κ2) is 6.70. The Morgan fingerprint density at radius 1 is 1.06 bits per heavy atom. The van der Waals surface area contributed by atoms with Crippen LogP contribution < -0.4 is 0 Å². The van der Waals surface area contributed by atoms with E-state index < -0.39 is 0 Å². The van der Waals surface area contributed by atoms with Gasteiger partial charge in [0.05, 0.1) is 0 Å². The average molecular weight is 219 g/mol. The van der Waals surface area contributed by atoms with Gasteiger partial charge in [0.15, 0.2) is 0 Å². The maximum Gasteiger partial charge on any atom is 0.0233 e. The van der Waals surface area contributed by atoms with Crippen molar-refractivity contribution in [2.24, 2.45) is 0 Å². The zero-order chi connectivity index (χ0) is 12.0. The molecule has 0 N–H and O–H groups in total. The lowest BCUT2D eigenvalue weighted by molar-refractivity contribution is 0.266. The monoisotopic (exact) mass is 219 g/mol. The number of hydrogen-bond acceptors (Lipinski definition) is 1. The second-order valence-corrected chi connectivity index (χ2v) is 4.93. The molecule has 0 aliphatic heterocycles. The Labute approximate surface area is 100 Å². The summed E-state index contributed by atoms with van der Waals surface area (Å²) in [7, 11) is 2.18. The molecule has 1 heteroatoms.